The Hall–Kier alpha value is -1.79. The lowest BCUT2D eigenvalue weighted by molar-refractivity contribution is -0.140. The van der Waals surface area contributed by atoms with Crippen LogP contribution in [0, 0.1) is 11.8 Å². The smallest absolute Gasteiger partial charge is 0.305 e. The van der Waals surface area contributed by atoms with E-state index in [1.165, 1.54) is 7.11 Å². The summed E-state index contributed by atoms with van der Waals surface area (Å²) in [7, 11) is 1.40. The van der Waals surface area contributed by atoms with Gasteiger partial charge >= 0.3 is 5.97 Å². The molecule has 1 N–H and O–H groups in total. The molecular formula is C16H20O3. The highest BCUT2D eigenvalue weighted by atomic mass is 16.5. The van der Waals surface area contributed by atoms with Crippen LogP contribution in [0.15, 0.2) is 24.3 Å². The van der Waals surface area contributed by atoms with Gasteiger partial charge in [0.05, 0.1) is 7.11 Å². The summed E-state index contributed by atoms with van der Waals surface area (Å²) >= 11 is 0. The van der Waals surface area contributed by atoms with Crippen LogP contribution in [0.3, 0.4) is 0 Å². The van der Waals surface area contributed by atoms with Gasteiger partial charge in [-0.25, -0.2) is 0 Å². The minimum Gasteiger partial charge on any atom is -0.469 e. The van der Waals surface area contributed by atoms with Crippen LogP contribution >= 0.6 is 0 Å². The Morgan fingerprint density at radius 2 is 2.00 bits per heavy atom. The number of ether oxygens (including phenoxy) is 1. The number of unbranched alkanes of at least 4 members (excludes halogenated alkanes) is 2. The van der Waals surface area contributed by atoms with E-state index in [-0.39, 0.29) is 12.6 Å². The highest BCUT2D eigenvalue weighted by molar-refractivity contribution is 5.69. The number of carbonyl (C=O) groups excluding carboxylic acids is 1. The molecule has 0 bridgehead atoms. The molecule has 1 aromatic rings. The first-order valence-corrected chi connectivity index (χ1v) is 6.51. The van der Waals surface area contributed by atoms with Crippen LogP contribution in [0.25, 0.3) is 0 Å². The van der Waals surface area contributed by atoms with E-state index in [4.69, 9.17) is 5.11 Å². The molecule has 3 heteroatoms. The quantitative estimate of drug-likeness (QED) is 0.485. The normalized spacial score (nSPS) is 9.58. The van der Waals surface area contributed by atoms with Gasteiger partial charge in [-0.2, -0.15) is 0 Å². The Kier molecular flexibility index (Phi) is 7.38. The Balaban J connectivity index is 2.40. The summed E-state index contributed by atoms with van der Waals surface area (Å²) in [6, 6.07) is 7.90. The van der Waals surface area contributed by atoms with Gasteiger partial charge in [0.25, 0.3) is 0 Å². The van der Waals surface area contributed by atoms with Crippen molar-refractivity contribution in [3.63, 3.8) is 0 Å². The molecule has 0 fully saturated rings. The van der Waals surface area contributed by atoms with Gasteiger partial charge in [0, 0.05) is 25.0 Å². The summed E-state index contributed by atoms with van der Waals surface area (Å²) in [6.07, 6.45) is 3.64. The summed E-state index contributed by atoms with van der Waals surface area (Å²) in [5, 5.41) is 8.64. The number of benzene rings is 1. The SMILES string of the molecule is COC(=O)CCc1ccc(C#CCCCCO)cc1. The van der Waals surface area contributed by atoms with Crippen LogP contribution < -0.4 is 0 Å². The first-order valence-electron chi connectivity index (χ1n) is 6.51. The number of hydrogen-bond donors (Lipinski definition) is 1. The second-order valence-corrected chi connectivity index (χ2v) is 4.26. The summed E-state index contributed by atoms with van der Waals surface area (Å²) in [5.74, 6) is 5.98. The molecule has 0 aromatic heterocycles. The third kappa shape index (κ3) is 6.64. The Morgan fingerprint density at radius 3 is 2.63 bits per heavy atom. The van der Waals surface area contributed by atoms with Gasteiger partial charge in [0.1, 0.15) is 0 Å². The molecule has 0 heterocycles. The highest BCUT2D eigenvalue weighted by Crippen LogP contribution is 2.06. The molecule has 0 aliphatic carbocycles. The van der Waals surface area contributed by atoms with Gasteiger partial charge in [0.15, 0.2) is 0 Å². The minimum absolute atomic E-state index is 0.187. The zero-order valence-corrected chi connectivity index (χ0v) is 11.3. The number of rotatable bonds is 6. The van der Waals surface area contributed by atoms with Crippen LogP contribution in [-0.2, 0) is 16.0 Å². The molecule has 0 spiro atoms. The van der Waals surface area contributed by atoms with Gasteiger partial charge in [-0.05, 0) is 37.0 Å². The molecule has 0 saturated carbocycles. The molecule has 0 atom stereocenters. The zero-order chi connectivity index (χ0) is 13.9. The van der Waals surface area contributed by atoms with Crippen LogP contribution in [0.4, 0.5) is 0 Å². The molecule has 1 rings (SSSR count). The zero-order valence-electron chi connectivity index (χ0n) is 11.3. The Bertz CT molecular complexity index is 437. The molecule has 0 radical (unpaired) electrons. The van der Waals surface area contributed by atoms with Crippen molar-refractivity contribution in [3.8, 4) is 11.8 Å². The molecule has 0 saturated heterocycles. The summed E-state index contributed by atoms with van der Waals surface area (Å²) in [4.78, 5) is 11.0. The van der Waals surface area contributed by atoms with Gasteiger partial charge in [-0.3, -0.25) is 4.79 Å². The number of methoxy groups -OCH3 is 1. The molecule has 0 amide bonds. The maximum absolute atomic E-state index is 11.0. The second kappa shape index (κ2) is 9.18. The topological polar surface area (TPSA) is 46.5 Å². The maximum Gasteiger partial charge on any atom is 0.305 e. The van der Waals surface area contributed by atoms with Gasteiger partial charge in [-0.1, -0.05) is 24.0 Å². The number of aliphatic hydroxyl groups is 1. The van der Waals surface area contributed by atoms with Crippen molar-refractivity contribution in [1.29, 1.82) is 0 Å². The summed E-state index contributed by atoms with van der Waals surface area (Å²) < 4.78 is 4.60. The van der Waals surface area contributed by atoms with Gasteiger partial charge in [0.2, 0.25) is 0 Å². The summed E-state index contributed by atoms with van der Waals surface area (Å²) in [5.41, 5.74) is 2.09. The number of aryl methyl sites for hydroxylation is 1. The van der Waals surface area contributed by atoms with E-state index < -0.39 is 0 Å². The fourth-order valence-corrected chi connectivity index (χ4v) is 1.59. The van der Waals surface area contributed by atoms with Crippen LogP contribution in [0.5, 0.6) is 0 Å². The van der Waals surface area contributed by atoms with Crippen molar-refractivity contribution in [2.75, 3.05) is 13.7 Å². The lowest BCUT2D eigenvalue weighted by Gasteiger charge is -2.00. The van der Waals surface area contributed by atoms with E-state index in [0.717, 1.165) is 30.4 Å². The van der Waals surface area contributed by atoms with E-state index in [1.807, 2.05) is 24.3 Å². The fourth-order valence-electron chi connectivity index (χ4n) is 1.59. The molecule has 19 heavy (non-hydrogen) atoms. The number of aliphatic hydroxyl groups excluding tert-OH is 1. The first kappa shape index (κ1) is 15.3. The molecule has 0 aliphatic rings. The molecule has 1 aromatic carbocycles. The Morgan fingerprint density at radius 1 is 1.26 bits per heavy atom. The fraction of sp³-hybridized carbons (Fsp3) is 0.438. The Labute approximate surface area is 114 Å². The lowest BCUT2D eigenvalue weighted by Crippen LogP contribution is -2.01. The molecule has 102 valence electrons. The van der Waals surface area contributed by atoms with Crippen molar-refractivity contribution in [3.05, 3.63) is 35.4 Å². The van der Waals surface area contributed by atoms with Crippen molar-refractivity contribution in [2.45, 2.75) is 32.1 Å². The first-order chi connectivity index (χ1) is 9.26. The van der Waals surface area contributed by atoms with Gasteiger partial charge in [-0.15, -0.1) is 0 Å². The van der Waals surface area contributed by atoms with Crippen LogP contribution in [0.1, 0.15) is 36.8 Å². The third-order valence-electron chi connectivity index (χ3n) is 2.74. The van der Waals surface area contributed by atoms with Gasteiger partial charge < -0.3 is 9.84 Å². The predicted octanol–water partition coefficient (Wildman–Crippen LogP) is 2.31. The standard InChI is InChI=1S/C16H20O3/c1-19-16(18)12-11-15-9-7-14(8-10-15)6-4-2-3-5-13-17/h7-10,17H,2-3,5,11-13H2,1H3. The average Bonchev–Trinajstić information content (AvgIpc) is 2.45. The maximum atomic E-state index is 11.0. The molecule has 0 unspecified atom stereocenters. The molecule has 3 nitrogen and oxygen atoms in total. The highest BCUT2D eigenvalue weighted by Gasteiger charge is 2.00. The molecule has 0 aliphatic heterocycles. The number of hydrogen-bond acceptors (Lipinski definition) is 3. The van der Waals surface area contributed by atoms with E-state index in [1.54, 1.807) is 0 Å². The van der Waals surface area contributed by atoms with E-state index in [2.05, 4.69) is 16.6 Å². The van der Waals surface area contributed by atoms with E-state index >= 15 is 0 Å². The van der Waals surface area contributed by atoms with Crippen LogP contribution in [-0.4, -0.2) is 24.8 Å². The number of carbonyl (C=O) groups is 1. The summed E-state index contributed by atoms with van der Waals surface area (Å²) in [6.45, 7) is 0.233. The monoisotopic (exact) mass is 260 g/mol. The lowest BCUT2D eigenvalue weighted by atomic mass is 10.1. The predicted molar refractivity (Wildman–Crippen MR) is 74.6 cm³/mol. The number of esters is 1. The van der Waals surface area contributed by atoms with Crippen molar-refractivity contribution < 1.29 is 14.6 Å². The van der Waals surface area contributed by atoms with E-state index in [9.17, 15) is 4.79 Å². The minimum atomic E-state index is -0.187. The third-order valence-corrected chi connectivity index (χ3v) is 2.74. The van der Waals surface area contributed by atoms with Crippen molar-refractivity contribution in [2.24, 2.45) is 0 Å². The average molecular weight is 260 g/mol. The van der Waals surface area contributed by atoms with Crippen LogP contribution in [0.2, 0.25) is 0 Å². The van der Waals surface area contributed by atoms with E-state index in [0.29, 0.717) is 12.8 Å². The molecular weight excluding hydrogens is 240 g/mol. The van der Waals surface area contributed by atoms with Crippen molar-refractivity contribution in [1.82, 2.24) is 0 Å². The second-order valence-electron chi connectivity index (χ2n) is 4.26. The largest absolute Gasteiger partial charge is 0.469 e. The van der Waals surface area contributed by atoms with Crippen molar-refractivity contribution >= 4 is 5.97 Å².